The second-order valence-electron chi connectivity index (χ2n) is 5.95. The third-order valence-electron chi connectivity index (χ3n) is 3.87. The lowest BCUT2D eigenvalue weighted by Gasteiger charge is -2.13. The number of nitrogens with one attached hydrogen (secondary N) is 1. The first-order valence-corrected chi connectivity index (χ1v) is 9.59. The zero-order valence-electron chi connectivity index (χ0n) is 14.6. The van der Waals surface area contributed by atoms with Gasteiger partial charge in [0.25, 0.3) is 6.23 Å². The van der Waals surface area contributed by atoms with E-state index < -0.39 is 63.6 Å². The fourth-order valence-electron chi connectivity index (χ4n) is 2.40. The number of aromatic nitrogens is 1. The number of phosphoric acid groups is 1. The third kappa shape index (κ3) is 6.24. The highest BCUT2D eigenvalue weighted by atomic mass is 31.2. The molecule has 1 aliphatic rings. The summed E-state index contributed by atoms with van der Waals surface area (Å²) < 4.78 is 21.6. The van der Waals surface area contributed by atoms with Crippen molar-refractivity contribution in [1.29, 1.82) is 0 Å². The molecule has 1 fully saturated rings. The van der Waals surface area contributed by atoms with Gasteiger partial charge in [-0.1, -0.05) is 0 Å². The molecule has 14 nitrogen and oxygen atoms in total. The molecule has 1 saturated heterocycles. The van der Waals surface area contributed by atoms with E-state index in [1.54, 1.807) is 0 Å². The average Bonchev–Trinajstić information content (AvgIpc) is 2.94. The summed E-state index contributed by atoms with van der Waals surface area (Å²) in [4.78, 5) is 44.9. The van der Waals surface area contributed by atoms with Crippen LogP contribution >= 0.6 is 7.82 Å². The van der Waals surface area contributed by atoms with E-state index in [-0.39, 0.29) is 5.56 Å². The monoisotopic (exact) mass is 439 g/mol. The molecule has 0 radical (unpaired) electrons. The zero-order chi connectivity index (χ0) is 21.8. The molecular formula is C14H20N2O12P+. The Bertz CT molecular complexity index is 786. The van der Waals surface area contributed by atoms with Crippen LogP contribution in [0, 0.1) is 0 Å². The molecule has 0 spiro atoms. The highest BCUT2D eigenvalue weighted by Crippen LogP contribution is 2.37. The van der Waals surface area contributed by atoms with E-state index in [1.165, 1.54) is 29.1 Å². The molecule has 1 aromatic heterocycles. The predicted octanol–water partition coefficient (Wildman–Crippen LogP) is -3.19. The number of nitrogens with zero attached hydrogens (tertiary/aromatic N) is 1. The molecule has 0 bridgehead atoms. The van der Waals surface area contributed by atoms with Crippen molar-refractivity contribution in [3.8, 4) is 0 Å². The molecule has 162 valence electrons. The van der Waals surface area contributed by atoms with Gasteiger partial charge in [-0.3, -0.25) is 9.32 Å². The summed E-state index contributed by atoms with van der Waals surface area (Å²) in [5.74, 6) is -2.45. The number of hydroxylamine groups is 1. The van der Waals surface area contributed by atoms with Gasteiger partial charge in [-0.2, -0.15) is 4.57 Å². The number of ether oxygens (including phenoxy) is 1. The van der Waals surface area contributed by atoms with Crippen molar-refractivity contribution in [2.45, 2.75) is 30.6 Å². The molecule has 0 unspecified atom stereocenters. The smallest absolute Gasteiger partial charge is 0.469 e. The van der Waals surface area contributed by atoms with Crippen LogP contribution in [-0.2, 0) is 23.5 Å². The van der Waals surface area contributed by atoms with Crippen LogP contribution in [0.3, 0.4) is 0 Å². The summed E-state index contributed by atoms with van der Waals surface area (Å²) in [6.07, 6.45) is -2.97. The Kier molecular flexibility index (Phi) is 7.76. The number of carboxylic acid groups (broad SMARTS) is 1. The second-order valence-corrected chi connectivity index (χ2v) is 7.19. The molecule has 15 heteroatoms. The van der Waals surface area contributed by atoms with E-state index in [9.17, 15) is 24.4 Å². The Morgan fingerprint density at radius 2 is 2.00 bits per heavy atom. The minimum absolute atomic E-state index is 0.0951. The van der Waals surface area contributed by atoms with Gasteiger partial charge in [-0.25, -0.2) is 9.36 Å². The molecular weight excluding hydrogens is 419 g/mol. The topological polar surface area (TPSA) is 216 Å². The number of aliphatic hydroxyl groups is 3. The number of rotatable bonds is 9. The molecule has 7 N–H and O–H groups in total. The lowest BCUT2D eigenvalue weighted by atomic mass is 10.1. The van der Waals surface area contributed by atoms with E-state index in [2.05, 4.69) is 9.36 Å². The van der Waals surface area contributed by atoms with Crippen molar-refractivity contribution in [1.82, 2.24) is 5.48 Å². The highest BCUT2D eigenvalue weighted by molar-refractivity contribution is 7.46. The number of aliphatic carboxylic acids is 1. The number of pyridine rings is 1. The highest BCUT2D eigenvalue weighted by Gasteiger charge is 2.49. The normalized spacial score (nSPS) is 25.6. The molecule has 0 aromatic carbocycles. The molecule has 2 rings (SSSR count). The van der Waals surface area contributed by atoms with Crippen LogP contribution in [0.15, 0.2) is 24.5 Å². The van der Waals surface area contributed by atoms with Crippen molar-refractivity contribution < 1.29 is 63.0 Å². The Morgan fingerprint density at radius 1 is 1.31 bits per heavy atom. The van der Waals surface area contributed by atoms with Gasteiger partial charge in [0.05, 0.1) is 13.2 Å². The SMILES string of the molecule is O=C(ON[C@@H](CO)C(=O)O)c1ccc[n+]([C@@H]2O[C@H](COP(=O)(O)O)[C@@H](O)[C@H]2O)c1. The predicted molar refractivity (Wildman–Crippen MR) is 87.6 cm³/mol. The van der Waals surface area contributed by atoms with Crippen molar-refractivity contribution >= 4 is 19.8 Å². The van der Waals surface area contributed by atoms with Crippen molar-refractivity contribution in [3.63, 3.8) is 0 Å². The van der Waals surface area contributed by atoms with Gasteiger partial charge in [-0.05, 0) is 6.07 Å². The first-order valence-electron chi connectivity index (χ1n) is 8.06. The standard InChI is InChI=1S/C14H19N2O12P/c17-5-8(13(20)21)15-28-14(22)7-2-1-3-16(4-7)12-11(19)10(18)9(27-12)6-26-29(23,24)25/h1-4,8-12,15,17-19H,5-6H2,(H2-,20,21,23,24,25)/p+1/t8-,9+,10+,11+,12+/m0/s1. The fraction of sp³-hybridized carbons (Fsp3) is 0.500. The summed E-state index contributed by atoms with van der Waals surface area (Å²) >= 11 is 0. The van der Waals surface area contributed by atoms with E-state index in [0.29, 0.717) is 0 Å². The first kappa shape index (κ1) is 23.3. The average molecular weight is 439 g/mol. The van der Waals surface area contributed by atoms with Crippen LogP contribution in [0.25, 0.3) is 0 Å². The molecule has 1 aliphatic heterocycles. The van der Waals surface area contributed by atoms with Crippen molar-refractivity contribution in [2.75, 3.05) is 13.2 Å². The van der Waals surface area contributed by atoms with Crippen molar-refractivity contribution in [3.05, 3.63) is 30.1 Å². The maximum absolute atomic E-state index is 12.0. The minimum Gasteiger partial charge on any atom is -0.480 e. The van der Waals surface area contributed by atoms with Gasteiger partial charge in [0.15, 0.2) is 24.5 Å². The molecule has 0 saturated carbocycles. The van der Waals surface area contributed by atoms with Crippen molar-refractivity contribution in [2.24, 2.45) is 0 Å². The number of aliphatic hydroxyl groups excluding tert-OH is 3. The number of carbonyl (C=O) groups excluding carboxylic acids is 1. The van der Waals surface area contributed by atoms with Gasteiger partial charge in [0, 0.05) is 6.07 Å². The number of phosphoric ester groups is 1. The largest absolute Gasteiger partial charge is 0.480 e. The third-order valence-corrected chi connectivity index (χ3v) is 4.36. The number of carbonyl (C=O) groups is 2. The minimum atomic E-state index is -4.81. The first-order chi connectivity index (χ1) is 13.5. The number of carboxylic acids is 1. The second kappa shape index (κ2) is 9.67. The van der Waals surface area contributed by atoms with E-state index in [4.69, 9.17) is 24.7 Å². The van der Waals surface area contributed by atoms with E-state index >= 15 is 0 Å². The molecule has 1 aromatic rings. The van der Waals surface area contributed by atoms with Crippen LogP contribution in [-0.4, -0.2) is 79.7 Å². The molecule has 0 aliphatic carbocycles. The Balaban J connectivity index is 2.07. The van der Waals surface area contributed by atoms with Gasteiger partial charge >= 0.3 is 19.8 Å². The number of hydrogen-bond donors (Lipinski definition) is 7. The summed E-state index contributed by atoms with van der Waals surface area (Å²) in [6.45, 7) is -1.52. The summed E-state index contributed by atoms with van der Waals surface area (Å²) in [7, 11) is -4.81. The van der Waals surface area contributed by atoms with E-state index in [0.717, 1.165) is 0 Å². The van der Waals surface area contributed by atoms with Crippen LogP contribution < -0.4 is 10.0 Å². The Morgan fingerprint density at radius 3 is 2.59 bits per heavy atom. The molecule has 2 heterocycles. The summed E-state index contributed by atoms with van der Waals surface area (Å²) in [5.41, 5.74) is 1.80. The lowest BCUT2D eigenvalue weighted by molar-refractivity contribution is -0.765. The molecule has 5 atom stereocenters. The van der Waals surface area contributed by atoms with Crippen LogP contribution in [0.1, 0.15) is 16.6 Å². The number of hydrogen-bond acceptors (Lipinski definition) is 10. The summed E-state index contributed by atoms with van der Waals surface area (Å²) in [5, 5.41) is 37.8. The zero-order valence-corrected chi connectivity index (χ0v) is 15.5. The van der Waals surface area contributed by atoms with Gasteiger partial charge < -0.3 is 39.8 Å². The Labute approximate surface area is 163 Å². The van der Waals surface area contributed by atoms with Crippen LogP contribution in [0.4, 0.5) is 0 Å². The van der Waals surface area contributed by atoms with Crippen LogP contribution in [0.5, 0.6) is 0 Å². The fourth-order valence-corrected chi connectivity index (χ4v) is 2.75. The molecule has 0 amide bonds. The van der Waals surface area contributed by atoms with Gasteiger partial charge in [0.1, 0.15) is 17.8 Å². The molecule has 29 heavy (non-hydrogen) atoms. The lowest BCUT2D eigenvalue weighted by Crippen LogP contribution is -2.46. The maximum Gasteiger partial charge on any atom is 0.469 e. The van der Waals surface area contributed by atoms with Gasteiger partial charge in [0.2, 0.25) is 0 Å². The van der Waals surface area contributed by atoms with Gasteiger partial charge in [-0.15, -0.1) is 5.48 Å². The maximum atomic E-state index is 12.0. The van der Waals surface area contributed by atoms with Crippen LogP contribution in [0.2, 0.25) is 0 Å². The summed E-state index contributed by atoms with van der Waals surface area (Å²) in [6, 6.07) is 1.15. The quantitative estimate of drug-likeness (QED) is 0.115. The Hall–Kier alpha value is -2.00. The van der Waals surface area contributed by atoms with E-state index in [1.807, 2.05) is 5.48 Å².